The lowest BCUT2D eigenvalue weighted by Crippen LogP contribution is -2.60. The van der Waals surface area contributed by atoms with E-state index in [1.807, 2.05) is 6.07 Å². The highest BCUT2D eigenvalue weighted by molar-refractivity contribution is 5.63. The molecule has 2 heterocycles. The molecule has 0 bridgehead atoms. The number of ether oxygens (including phenoxy) is 1. The smallest absolute Gasteiger partial charge is 0.143 e. The fourth-order valence-corrected chi connectivity index (χ4v) is 3.25. The largest absolute Gasteiger partial charge is 0.495 e. The van der Waals surface area contributed by atoms with Crippen LogP contribution >= 0.6 is 0 Å². The predicted octanol–water partition coefficient (Wildman–Crippen LogP) is 1.81. The summed E-state index contributed by atoms with van der Waals surface area (Å²) >= 11 is 0. The van der Waals surface area contributed by atoms with Crippen LogP contribution in [0.5, 0.6) is 5.75 Å². The van der Waals surface area contributed by atoms with E-state index in [0.29, 0.717) is 11.1 Å². The molecule has 0 amide bonds. The van der Waals surface area contributed by atoms with Crippen LogP contribution in [0.3, 0.4) is 0 Å². The third-order valence-corrected chi connectivity index (χ3v) is 4.68. The van der Waals surface area contributed by atoms with Gasteiger partial charge in [0.05, 0.1) is 12.8 Å². The van der Waals surface area contributed by atoms with E-state index in [4.69, 9.17) is 10.5 Å². The van der Waals surface area contributed by atoms with Gasteiger partial charge in [-0.2, -0.15) is 0 Å². The van der Waals surface area contributed by atoms with Gasteiger partial charge >= 0.3 is 0 Å². The first-order valence-electron chi connectivity index (χ1n) is 6.99. The van der Waals surface area contributed by atoms with E-state index in [1.165, 1.54) is 44.7 Å². The molecule has 104 valence electrons. The Morgan fingerprint density at radius 2 is 1.89 bits per heavy atom. The molecule has 2 aliphatic heterocycles. The number of nitrogens with zero attached hydrogens (tertiary/aromatic N) is 2. The predicted molar refractivity (Wildman–Crippen MR) is 78.8 cm³/mol. The molecular formula is C15H23N3O. The molecule has 19 heavy (non-hydrogen) atoms. The molecular weight excluding hydrogens is 238 g/mol. The maximum absolute atomic E-state index is 5.86. The molecule has 0 unspecified atom stereocenters. The molecule has 0 radical (unpaired) electrons. The van der Waals surface area contributed by atoms with Gasteiger partial charge in [0.25, 0.3) is 0 Å². The third-order valence-electron chi connectivity index (χ3n) is 4.68. The molecule has 4 heteroatoms. The molecule has 1 aromatic rings. The molecule has 0 atom stereocenters. The average Bonchev–Trinajstić information content (AvgIpc) is 2.38. The summed E-state index contributed by atoms with van der Waals surface area (Å²) in [6.45, 7) is 4.82. The lowest BCUT2D eigenvalue weighted by atomic mass is 9.72. The van der Waals surface area contributed by atoms with Gasteiger partial charge in [-0.05, 0) is 45.1 Å². The standard InChI is InChI=1S/C15H23N3O/c1-17-7-5-15(6-8-17)10-18(11-15)12-3-4-13(16)14(9-12)19-2/h3-4,9H,5-8,10-11,16H2,1-2H3. The van der Waals surface area contributed by atoms with Gasteiger partial charge in [0, 0.05) is 30.3 Å². The summed E-state index contributed by atoms with van der Waals surface area (Å²) in [6, 6.07) is 6.09. The van der Waals surface area contributed by atoms with E-state index in [0.717, 1.165) is 5.75 Å². The highest BCUT2D eigenvalue weighted by Crippen LogP contribution is 2.43. The van der Waals surface area contributed by atoms with E-state index >= 15 is 0 Å². The molecule has 2 N–H and O–H groups in total. The minimum absolute atomic E-state index is 0.557. The Morgan fingerprint density at radius 3 is 2.53 bits per heavy atom. The minimum Gasteiger partial charge on any atom is -0.495 e. The zero-order valence-corrected chi connectivity index (χ0v) is 11.9. The van der Waals surface area contributed by atoms with Gasteiger partial charge in [-0.15, -0.1) is 0 Å². The van der Waals surface area contributed by atoms with Crippen molar-refractivity contribution in [1.29, 1.82) is 0 Å². The first-order chi connectivity index (χ1) is 9.12. The second-order valence-corrected chi connectivity index (χ2v) is 6.09. The number of rotatable bonds is 2. The van der Waals surface area contributed by atoms with Crippen LogP contribution in [-0.4, -0.2) is 45.2 Å². The molecule has 0 aliphatic carbocycles. The van der Waals surface area contributed by atoms with Crippen LogP contribution < -0.4 is 15.4 Å². The molecule has 1 spiro atoms. The number of likely N-dealkylation sites (tertiary alicyclic amines) is 1. The summed E-state index contributed by atoms with van der Waals surface area (Å²) in [5.41, 5.74) is 8.36. The van der Waals surface area contributed by atoms with Gasteiger partial charge in [0.15, 0.2) is 0 Å². The number of hydrogen-bond acceptors (Lipinski definition) is 4. The molecule has 2 fully saturated rings. The van der Waals surface area contributed by atoms with E-state index < -0.39 is 0 Å². The van der Waals surface area contributed by atoms with E-state index in [1.54, 1.807) is 7.11 Å². The van der Waals surface area contributed by atoms with Crippen LogP contribution in [0.4, 0.5) is 11.4 Å². The fraction of sp³-hybridized carbons (Fsp3) is 0.600. The number of methoxy groups -OCH3 is 1. The number of nitrogens with two attached hydrogens (primary N) is 1. The van der Waals surface area contributed by atoms with Crippen molar-refractivity contribution >= 4 is 11.4 Å². The first kappa shape index (κ1) is 12.6. The molecule has 2 aliphatic rings. The first-order valence-corrected chi connectivity index (χ1v) is 6.99. The summed E-state index contributed by atoms with van der Waals surface area (Å²) in [4.78, 5) is 4.87. The second-order valence-electron chi connectivity index (χ2n) is 6.09. The molecule has 2 saturated heterocycles. The zero-order valence-electron chi connectivity index (χ0n) is 11.9. The maximum Gasteiger partial charge on any atom is 0.143 e. The van der Waals surface area contributed by atoms with Crippen molar-refractivity contribution < 1.29 is 4.74 Å². The fourth-order valence-electron chi connectivity index (χ4n) is 3.25. The zero-order chi connectivity index (χ0) is 13.5. The topological polar surface area (TPSA) is 41.7 Å². The van der Waals surface area contributed by atoms with Crippen LogP contribution in [0.1, 0.15) is 12.8 Å². The maximum atomic E-state index is 5.86. The van der Waals surface area contributed by atoms with Crippen LogP contribution in [0, 0.1) is 5.41 Å². The summed E-state index contributed by atoms with van der Waals surface area (Å²) in [7, 11) is 3.89. The van der Waals surface area contributed by atoms with E-state index in [9.17, 15) is 0 Å². The van der Waals surface area contributed by atoms with Gasteiger partial charge in [0.1, 0.15) is 5.75 Å². The number of nitrogen functional groups attached to an aromatic ring is 1. The van der Waals surface area contributed by atoms with Crippen LogP contribution in [0.15, 0.2) is 18.2 Å². The molecule has 3 rings (SSSR count). The number of anilines is 2. The van der Waals surface area contributed by atoms with Crippen molar-refractivity contribution in [3.63, 3.8) is 0 Å². The second kappa shape index (κ2) is 4.60. The Kier molecular flexibility index (Phi) is 3.05. The Balaban J connectivity index is 1.67. The summed E-state index contributed by atoms with van der Waals surface area (Å²) in [5, 5.41) is 0. The number of benzene rings is 1. The van der Waals surface area contributed by atoms with Crippen molar-refractivity contribution in [2.24, 2.45) is 5.41 Å². The van der Waals surface area contributed by atoms with Gasteiger partial charge in [-0.1, -0.05) is 0 Å². The van der Waals surface area contributed by atoms with Crippen LogP contribution in [-0.2, 0) is 0 Å². The van der Waals surface area contributed by atoms with Crippen molar-refractivity contribution in [3.05, 3.63) is 18.2 Å². The Labute approximate surface area is 115 Å². The van der Waals surface area contributed by atoms with Crippen molar-refractivity contribution in [2.45, 2.75) is 12.8 Å². The Morgan fingerprint density at radius 1 is 1.21 bits per heavy atom. The molecule has 1 aromatic carbocycles. The van der Waals surface area contributed by atoms with Crippen molar-refractivity contribution in [1.82, 2.24) is 4.90 Å². The lowest BCUT2D eigenvalue weighted by molar-refractivity contribution is 0.0906. The van der Waals surface area contributed by atoms with Gasteiger partial charge < -0.3 is 20.3 Å². The number of hydrogen-bond donors (Lipinski definition) is 1. The lowest BCUT2D eigenvalue weighted by Gasteiger charge is -2.54. The summed E-state index contributed by atoms with van der Waals surface area (Å²) in [6.07, 6.45) is 2.65. The summed E-state index contributed by atoms with van der Waals surface area (Å²) in [5.74, 6) is 0.779. The highest BCUT2D eigenvalue weighted by Gasteiger charge is 2.44. The average molecular weight is 261 g/mol. The molecule has 4 nitrogen and oxygen atoms in total. The SMILES string of the molecule is COc1cc(N2CC3(CCN(C)CC3)C2)ccc1N. The van der Waals surface area contributed by atoms with Crippen molar-refractivity contribution in [3.8, 4) is 5.75 Å². The van der Waals surface area contributed by atoms with Crippen molar-refractivity contribution in [2.75, 3.05) is 51.0 Å². The van der Waals surface area contributed by atoms with Gasteiger partial charge in [0.2, 0.25) is 0 Å². The quantitative estimate of drug-likeness (QED) is 0.824. The highest BCUT2D eigenvalue weighted by atomic mass is 16.5. The summed E-state index contributed by atoms with van der Waals surface area (Å²) < 4.78 is 5.30. The molecule has 0 aromatic heterocycles. The minimum atomic E-state index is 0.557. The Bertz CT molecular complexity index is 458. The van der Waals surface area contributed by atoms with Crippen LogP contribution in [0.2, 0.25) is 0 Å². The Hall–Kier alpha value is -1.42. The number of piperidine rings is 1. The van der Waals surface area contributed by atoms with Gasteiger partial charge in [-0.3, -0.25) is 0 Å². The normalized spacial score (nSPS) is 22.3. The third kappa shape index (κ3) is 2.25. The van der Waals surface area contributed by atoms with Gasteiger partial charge in [-0.25, -0.2) is 0 Å². The monoisotopic (exact) mass is 261 g/mol. The van der Waals surface area contributed by atoms with E-state index in [2.05, 4.69) is 29.0 Å². The van der Waals surface area contributed by atoms with E-state index in [-0.39, 0.29) is 0 Å². The molecule has 0 saturated carbocycles. The van der Waals surface area contributed by atoms with Crippen LogP contribution in [0.25, 0.3) is 0 Å².